The first-order valence-electron chi connectivity index (χ1n) is 11.4. The molecule has 0 spiro atoms. The van der Waals surface area contributed by atoms with Crippen LogP contribution in [0.1, 0.15) is 64.6 Å². The van der Waals surface area contributed by atoms with E-state index in [1.807, 2.05) is 45.0 Å². The Kier molecular flexibility index (Phi) is 5.31. The molecule has 1 amide bonds. The highest BCUT2D eigenvalue weighted by Crippen LogP contribution is 2.46. The summed E-state index contributed by atoms with van der Waals surface area (Å²) in [7, 11) is 0. The standard InChI is InChI=1S/C27H26N4O4/c1-15-5-4-6-18(11-15)29-25(33)19-14-28-31-23(16-7-9-17(10-8-16)26(34)35)22-20(30-24(19)31)12-27(2,3)13-21(22)32/h4-11,14,23,30H,12-13H2,1-3H3,(H,29,33)(H,34,35). The Labute approximate surface area is 202 Å². The SMILES string of the molecule is Cc1cccc(NC(=O)c2cnn3c2NC2=C(C(=O)CC(C)(C)C2)C3c2ccc(C(=O)O)cc2)c1. The lowest BCUT2D eigenvalue weighted by Crippen LogP contribution is -2.37. The molecule has 0 saturated heterocycles. The minimum Gasteiger partial charge on any atom is -0.478 e. The Morgan fingerprint density at radius 1 is 1.14 bits per heavy atom. The average Bonchev–Trinajstić information content (AvgIpc) is 3.20. The number of hydrogen-bond donors (Lipinski definition) is 3. The van der Waals surface area contributed by atoms with E-state index in [1.54, 1.807) is 16.8 Å². The van der Waals surface area contributed by atoms with Gasteiger partial charge >= 0.3 is 5.97 Å². The van der Waals surface area contributed by atoms with Crippen LogP contribution in [0.25, 0.3) is 0 Å². The molecule has 8 nitrogen and oxygen atoms in total. The first kappa shape index (κ1) is 22.6. The smallest absolute Gasteiger partial charge is 0.335 e. The number of ketones is 1. The number of anilines is 2. The Bertz CT molecular complexity index is 1400. The lowest BCUT2D eigenvalue weighted by molar-refractivity contribution is -0.118. The van der Waals surface area contributed by atoms with Crippen molar-refractivity contribution in [3.8, 4) is 0 Å². The molecule has 35 heavy (non-hydrogen) atoms. The maximum absolute atomic E-state index is 13.3. The zero-order valence-corrected chi connectivity index (χ0v) is 19.8. The summed E-state index contributed by atoms with van der Waals surface area (Å²) in [5, 5.41) is 20.1. The molecule has 1 aliphatic carbocycles. The van der Waals surface area contributed by atoms with E-state index in [1.165, 1.54) is 18.3 Å². The molecule has 0 radical (unpaired) electrons. The number of carbonyl (C=O) groups is 3. The Balaban J connectivity index is 1.59. The third-order valence-corrected chi connectivity index (χ3v) is 6.50. The van der Waals surface area contributed by atoms with Crippen LogP contribution in [0, 0.1) is 12.3 Å². The van der Waals surface area contributed by atoms with E-state index in [-0.39, 0.29) is 22.7 Å². The van der Waals surface area contributed by atoms with Gasteiger partial charge in [-0.3, -0.25) is 9.59 Å². The minimum atomic E-state index is -1.02. The molecule has 0 bridgehead atoms. The summed E-state index contributed by atoms with van der Waals surface area (Å²) in [4.78, 5) is 37.9. The quantitative estimate of drug-likeness (QED) is 0.505. The maximum atomic E-state index is 13.3. The molecule has 0 saturated carbocycles. The van der Waals surface area contributed by atoms with Gasteiger partial charge in [-0.05, 0) is 54.2 Å². The second kappa shape index (κ2) is 8.23. The molecule has 0 fully saturated rings. The number of fused-ring (bicyclic) bond motifs is 1. The number of nitrogens with zero attached hydrogens (tertiary/aromatic N) is 2. The van der Waals surface area contributed by atoms with Gasteiger partial charge in [-0.2, -0.15) is 5.10 Å². The average molecular weight is 471 g/mol. The largest absolute Gasteiger partial charge is 0.478 e. The lowest BCUT2D eigenvalue weighted by Gasteiger charge is -2.39. The Morgan fingerprint density at radius 2 is 1.89 bits per heavy atom. The van der Waals surface area contributed by atoms with Gasteiger partial charge in [0.05, 0.1) is 11.8 Å². The molecule has 2 aliphatic rings. The van der Waals surface area contributed by atoms with Crippen molar-refractivity contribution in [1.82, 2.24) is 9.78 Å². The summed E-state index contributed by atoms with van der Waals surface area (Å²) in [6.45, 7) is 6.05. The summed E-state index contributed by atoms with van der Waals surface area (Å²) >= 11 is 0. The summed E-state index contributed by atoms with van der Waals surface area (Å²) in [5.74, 6) is -0.809. The van der Waals surface area contributed by atoms with Gasteiger partial charge in [0.25, 0.3) is 5.91 Å². The van der Waals surface area contributed by atoms with E-state index in [0.29, 0.717) is 35.5 Å². The van der Waals surface area contributed by atoms with Crippen molar-refractivity contribution in [2.45, 2.75) is 39.7 Å². The van der Waals surface area contributed by atoms with E-state index in [0.717, 1.165) is 16.8 Å². The van der Waals surface area contributed by atoms with E-state index < -0.39 is 12.0 Å². The van der Waals surface area contributed by atoms with Gasteiger partial charge in [0.1, 0.15) is 17.4 Å². The van der Waals surface area contributed by atoms with Crippen LogP contribution in [0.3, 0.4) is 0 Å². The van der Waals surface area contributed by atoms with Crippen LogP contribution in [0.4, 0.5) is 11.5 Å². The van der Waals surface area contributed by atoms with Crippen LogP contribution in [0.2, 0.25) is 0 Å². The number of allylic oxidation sites excluding steroid dienone is 2. The van der Waals surface area contributed by atoms with Gasteiger partial charge < -0.3 is 15.7 Å². The molecule has 2 heterocycles. The second-order valence-electron chi connectivity index (χ2n) is 9.96. The molecular formula is C27H26N4O4. The van der Waals surface area contributed by atoms with Crippen molar-refractivity contribution in [3.05, 3.63) is 88.3 Å². The predicted molar refractivity (Wildman–Crippen MR) is 132 cm³/mol. The normalized spacial score (nSPS) is 18.4. The van der Waals surface area contributed by atoms with Crippen molar-refractivity contribution in [1.29, 1.82) is 0 Å². The van der Waals surface area contributed by atoms with E-state index in [4.69, 9.17) is 0 Å². The van der Waals surface area contributed by atoms with Crippen LogP contribution in [-0.4, -0.2) is 32.5 Å². The fourth-order valence-corrected chi connectivity index (χ4v) is 4.91. The number of nitrogens with one attached hydrogen (secondary N) is 2. The van der Waals surface area contributed by atoms with Gasteiger partial charge in [0.15, 0.2) is 5.78 Å². The Hall–Kier alpha value is -4.20. The highest BCUT2D eigenvalue weighted by atomic mass is 16.4. The van der Waals surface area contributed by atoms with Crippen LogP contribution in [0.5, 0.6) is 0 Å². The van der Waals surface area contributed by atoms with Crippen LogP contribution in [0.15, 0.2) is 66.0 Å². The number of benzene rings is 2. The molecule has 3 N–H and O–H groups in total. The van der Waals surface area contributed by atoms with Crippen molar-refractivity contribution in [2.75, 3.05) is 10.6 Å². The molecule has 2 aromatic carbocycles. The maximum Gasteiger partial charge on any atom is 0.335 e. The number of aromatic nitrogens is 2. The van der Waals surface area contributed by atoms with Crippen molar-refractivity contribution in [2.24, 2.45) is 5.41 Å². The molecule has 1 aromatic heterocycles. The summed E-state index contributed by atoms with van der Waals surface area (Å²) in [6, 6.07) is 13.4. The Morgan fingerprint density at radius 3 is 2.57 bits per heavy atom. The molecule has 5 rings (SSSR count). The zero-order valence-electron chi connectivity index (χ0n) is 19.8. The molecule has 1 aliphatic heterocycles. The van der Waals surface area contributed by atoms with E-state index in [2.05, 4.69) is 15.7 Å². The molecule has 1 atom stereocenters. The summed E-state index contributed by atoms with van der Waals surface area (Å²) < 4.78 is 1.65. The monoisotopic (exact) mass is 470 g/mol. The number of amides is 1. The number of aromatic carboxylic acids is 1. The van der Waals surface area contributed by atoms with E-state index in [9.17, 15) is 19.5 Å². The number of carboxylic acids is 1. The molecule has 178 valence electrons. The number of hydrogen-bond acceptors (Lipinski definition) is 5. The van der Waals surface area contributed by atoms with Crippen LogP contribution < -0.4 is 10.6 Å². The number of rotatable bonds is 4. The third-order valence-electron chi connectivity index (χ3n) is 6.50. The third kappa shape index (κ3) is 4.12. The van der Waals surface area contributed by atoms with Gasteiger partial charge in [0.2, 0.25) is 0 Å². The lowest BCUT2D eigenvalue weighted by atomic mass is 9.73. The zero-order chi connectivity index (χ0) is 24.9. The van der Waals surface area contributed by atoms with Crippen molar-refractivity contribution >= 4 is 29.2 Å². The number of carboxylic acid groups (broad SMARTS) is 1. The second-order valence-corrected chi connectivity index (χ2v) is 9.96. The number of carbonyl (C=O) groups excluding carboxylic acids is 2. The molecule has 3 aromatic rings. The first-order chi connectivity index (χ1) is 16.6. The van der Waals surface area contributed by atoms with Gasteiger partial charge in [0, 0.05) is 23.4 Å². The fourth-order valence-electron chi connectivity index (χ4n) is 4.91. The van der Waals surface area contributed by atoms with Crippen LogP contribution in [-0.2, 0) is 4.79 Å². The van der Waals surface area contributed by atoms with Gasteiger partial charge in [-0.25, -0.2) is 9.48 Å². The van der Waals surface area contributed by atoms with Gasteiger partial charge in [-0.1, -0.05) is 38.1 Å². The van der Waals surface area contributed by atoms with Crippen molar-refractivity contribution in [3.63, 3.8) is 0 Å². The van der Waals surface area contributed by atoms with Gasteiger partial charge in [-0.15, -0.1) is 0 Å². The van der Waals surface area contributed by atoms with E-state index >= 15 is 0 Å². The molecular weight excluding hydrogens is 444 g/mol. The first-order valence-corrected chi connectivity index (χ1v) is 11.4. The number of Topliss-reactive ketones (excluding diaryl/α,β-unsaturated/α-hetero) is 1. The molecule has 8 heteroatoms. The van der Waals surface area contributed by atoms with Crippen LogP contribution >= 0.6 is 0 Å². The van der Waals surface area contributed by atoms with Crippen molar-refractivity contribution < 1.29 is 19.5 Å². The number of aryl methyl sites for hydroxylation is 1. The highest BCUT2D eigenvalue weighted by Gasteiger charge is 2.42. The predicted octanol–water partition coefficient (Wildman–Crippen LogP) is 4.80. The summed E-state index contributed by atoms with van der Waals surface area (Å²) in [5.41, 5.74) is 4.11. The fraction of sp³-hybridized carbons (Fsp3) is 0.259. The summed E-state index contributed by atoms with van der Waals surface area (Å²) in [6.07, 6.45) is 2.54. The topological polar surface area (TPSA) is 113 Å². The minimum absolute atomic E-state index is 0.0166. The molecule has 1 unspecified atom stereocenters. The highest BCUT2D eigenvalue weighted by molar-refractivity contribution is 6.08.